The lowest BCUT2D eigenvalue weighted by atomic mass is 10.1. The molecule has 1 amide bonds. The Balaban J connectivity index is 1.67. The Morgan fingerprint density at radius 3 is 2.67 bits per heavy atom. The highest BCUT2D eigenvalue weighted by Crippen LogP contribution is 2.42. The fourth-order valence-corrected chi connectivity index (χ4v) is 3.44. The van der Waals surface area contributed by atoms with Gasteiger partial charge < -0.3 is 14.6 Å². The van der Waals surface area contributed by atoms with E-state index in [0.29, 0.717) is 29.1 Å². The Bertz CT molecular complexity index is 1070. The van der Waals surface area contributed by atoms with Crippen LogP contribution in [0.4, 0.5) is 13.2 Å². The Morgan fingerprint density at radius 1 is 1.30 bits per heavy atom. The van der Waals surface area contributed by atoms with Crippen LogP contribution in [-0.4, -0.2) is 31.8 Å². The summed E-state index contributed by atoms with van der Waals surface area (Å²) in [6.07, 6.45) is 0.0197. The number of aromatic nitrogens is 4. The first-order valence-corrected chi connectivity index (χ1v) is 9.60. The third-order valence-corrected chi connectivity index (χ3v) is 4.97. The molecule has 1 aliphatic rings. The number of benzene rings is 1. The maximum absolute atomic E-state index is 12.7. The van der Waals surface area contributed by atoms with Crippen LogP contribution in [0.2, 0.25) is 0 Å². The van der Waals surface area contributed by atoms with Gasteiger partial charge in [-0.15, -0.1) is 13.2 Å². The second kappa shape index (κ2) is 7.58. The van der Waals surface area contributed by atoms with Gasteiger partial charge in [0.25, 0.3) is 5.91 Å². The van der Waals surface area contributed by atoms with Crippen molar-refractivity contribution < 1.29 is 22.7 Å². The summed E-state index contributed by atoms with van der Waals surface area (Å²) >= 11 is 0. The molecule has 0 unspecified atom stereocenters. The highest BCUT2D eigenvalue weighted by molar-refractivity contribution is 5.92. The molecule has 0 aliphatic heterocycles. The van der Waals surface area contributed by atoms with Crippen LogP contribution in [0.15, 0.2) is 30.6 Å². The number of rotatable bonds is 6. The Hall–Kier alpha value is -3.17. The van der Waals surface area contributed by atoms with Crippen molar-refractivity contribution >= 4 is 16.9 Å². The third-order valence-electron chi connectivity index (χ3n) is 4.97. The van der Waals surface area contributed by atoms with Gasteiger partial charge >= 0.3 is 6.36 Å². The largest absolute Gasteiger partial charge is 0.573 e. The number of ether oxygens (including phenoxy) is 1. The number of amides is 1. The van der Waals surface area contributed by atoms with E-state index in [1.807, 2.05) is 11.5 Å². The lowest BCUT2D eigenvalue weighted by Gasteiger charge is -2.19. The second-order valence-electron chi connectivity index (χ2n) is 7.24. The highest BCUT2D eigenvalue weighted by Gasteiger charge is 2.37. The minimum atomic E-state index is -4.77. The van der Waals surface area contributed by atoms with Crippen molar-refractivity contribution in [1.29, 1.82) is 0 Å². The molecule has 1 aliphatic carbocycles. The molecule has 10 heteroatoms. The smallest absolute Gasteiger partial charge is 0.406 e. The van der Waals surface area contributed by atoms with E-state index in [1.165, 1.54) is 24.5 Å². The number of alkyl halides is 3. The van der Waals surface area contributed by atoms with Crippen molar-refractivity contribution in [2.75, 3.05) is 0 Å². The summed E-state index contributed by atoms with van der Waals surface area (Å²) in [6.45, 7) is 4.25. The summed E-state index contributed by atoms with van der Waals surface area (Å²) in [4.78, 5) is 25.5. The van der Waals surface area contributed by atoms with Crippen molar-refractivity contribution in [3.8, 4) is 5.75 Å². The van der Waals surface area contributed by atoms with Gasteiger partial charge in [0.05, 0.1) is 29.0 Å². The van der Waals surface area contributed by atoms with Crippen LogP contribution in [0.1, 0.15) is 47.8 Å². The molecule has 7 nitrogen and oxygen atoms in total. The van der Waals surface area contributed by atoms with Gasteiger partial charge in [-0.1, -0.05) is 0 Å². The molecule has 3 aromatic rings. The topological polar surface area (TPSA) is 81.9 Å². The molecule has 0 saturated heterocycles. The summed E-state index contributed by atoms with van der Waals surface area (Å²) in [7, 11) is 0. The van der Waals surface area contributed by atoms with E-state index in [-0.39, 0.29) is 29.3 Å². The van der Waals surface area contributed by atoms with Crippen molar-refractivity contribution in [2.45, 2.75) is 45.6 Å². The zero-order valence-corrected chi connectivity index (χ0v) is 16.4. The van der Waals surface area contributed by atoms with Crippen molar-refractivity contribution in [3.63, 3.8) is 0 Å². The summed E-state index contributed by atoms with van der Waals surface area (Å²) < 4.78 is 43.6. The number of nitrogens with one attached hydrogen (secondary N) is 1. The minimum Gasteiger partial charge on any atom is -0.406 e. The number of nitrogens with zero attached hydrogens (tertiary/aromatic N) is 4. The molecule has 0 spiro atoms. The number of hydrogen-bond acceptors (Lipinski definition) is 5. The summed E-state index contributed by atoms with van der Waals surface area (Å²) in [6, 6.07) is 3.70. The molecule has 1 fully saturated rings. The van der Waals surface area contributed by atoms with Crippen LogP contribution in [0.5, 0.6) is 5.75 Å². The summed E-state index contributed by atoms with van der Waals surface area (Å²) in [5.74, 6) is 0.118. The molecule has 1 N–H and O–H groups in total. The van der Waals surface area contributed by atoms with Gasteiger partial charge in [0.1, 0.15) is 17.3 Å². The van der Waals surface area contributed by atoms with E-state index in [9.17, 15) is 18.0 Å². The van der Waals surface area contributed by atoms with Crippen LogP contribution in [-0.2, 0) is 6.54 Å². The van der Waals surface area contributed by atoms with Crippen molar-refractivity contribution in [3.05, 3.63) is 47.8 Å². The first-order valence-electron chi connectivity index (χ1n) is 9.60. The number of hydrogen-bond donors (Lipinski definition) is 1. The third kappa shape index (κ3) is 4.22. The van der Waals surface area contributed by atoms with Crippen LogP contribution in [0.25, 0.3) is 11.0 Å². The number of carbonyl (C=O) groups excluding carboxylic acids is 1. The van der Waals surface area contributed by atoms with Crippen LogP contribution < -0.4 is 10.1 Å². The maximum Gasteiger partial charge on any atom is 0.573 e. The van der Waals surface area contributed by atoms with Gasteiger partial charge in [-0.05, 0) is 44.7 Å². The van der Waals surface area contributed by atoms with Gasteiger partial charge in [0, 0.05) is 18.8 Å². The minimum absolute atomic E-state index is 0.200. The lowest BCUT2D eigenvalue weighted by molar-refractivity contribution is -0.274. The number of imidazole rings is 1. The van der Waals surface area contributed by atoms with E-state index in [0.717, 1.165) is 12.8 Å². The van der Waals surface area contributed by atoms with E-state index in [1.54, 1.807) is 13.0 Å². The highest BCUT2D eigenvalue weighted by atomic mass is 19.4. The molecule has 0 radical (unpaired) electrons. The molecule has 1 atom stereocenters. The fourth-order valence-electron chi connectivity index (χ4n) is 3.44. The molecule has 4 rings (SSSR count). The van der Waals surface area contributed by atoms with E-state index < -0.39 is 6.36 Å². The standard InChI is InChI=1S/C20H20F3N5O2/c1-3-28-16-7-6-13(30-20(21,22)23)8-14(16)26-18(28)17(12-4-5-12)27-19(29)15-10-24-11(2)9-25-15/h6-10,12,17H,3-5H2,1-2H3,(H,27,29)/t17-/m0/s1. The molecule has 158 valence electrons. The number of aryl methyl sites for hydroxylation is 2. The van der Waals surface area contributed by atoms with Gasteiger partial charge in [-0.2, -0.15) is 0 Å². The molecule has 30 heavy (non-hydrogen) atoms. The van der Waals surface area contributed by atoms with Crippen molar-refractivity contribution in [2.24, 2.45) is 5.92 Å². The monoisotopic (exact) mass is 419 g/mol. The lowest BCUT2D eigenvalue weighted by Crippen LogP contribution is -2.32. The van der Waals surface area contributed by atoms with Crippen molar-refractivity contribution in [1.82, 2.24) is 24.8 Å². The molecule has 2 aromatic heterocycles. The maximum atomic E-state index is 12.7. The average Bonchev–Trinajstić information content (AvgIpc) is 3.45. The molecule has 0 bridgehead atoms. The van der Waals surface area contributed by atoms with Gasteiger partial charge in [-0.3, -0.25) is 9.78 Å². The first kappa shape index (κ1) is 20.1. The van der Waals surface area contributed by atoms with E-state index in [2.05, 4.69) is 25.0 Å². The summed E-state index contributed by atoms with van der Waals surface area (Å²) in [5, 5.41) is 2.98. The van der Waals surface area contributed by atoms with Gasteiger partial charge in [0.2, 0.25) is 0 Å². The average molecular weight is 419 g/mol. The van der Waals surface area contributed by atoms with E-state index >= 15 is 0 Å². The molecule has 1 aromatic carbocycles. The molecule has 2 heterocycles. The number of fused-ring (bicyclic) bond motifs is 1. The second-order valence-corrected chi connectivity index (χ2v) is 7.24. The van der Waals surface area contributed by atoms with Gasteiger partial charge in [0.15, 0.2) is 0 Å². The number of halogens is 3. The predicted octanol–water partition coefficient (Wildman–Crippen LogP) is 3.93. The van der Waals surface area contributed by atoms with Crippen LogP contribution in [0, 0.1) is 12.8 Å². The Morgan fingerprint density at radius 2 is 2.07 bits per heavy atom. The molecular formula is C20H20F3N5O2. The Labute approximate surface area is 170 Å². The SMILES string of the molecule is CCn1c([C@@H](NC(=O)c2cnc(C)cn2)C2CC2)nc2cc(OC(F)(F)F)ccc21. The van der Waals surface area contributed by atoms with Gasteiger partial charge in [-0.25, -0.2) is 9.97 Å². The van der Waals surface area contributed by atoms with E-state index in [4.69, 9.17) is 0 Å². The fraction of sp³-hybridized carbons (Fsp3) is 0.400. The van der Waals surface area contributed by atoms with Crippen LogP contribution in [0.3, 0.4) is 0 Å². The molecular weight excluding hydrogens is 399 g/mol. The zero-order chi connectivity index (χ0) is 21.5. The number of carbonyl (C=O) groups is 1. The molecule has 1 saturated carbocycles. The normalized spacial score (nSPS) is 15.2. The zero-order valence-electron chi connectivity index (χ0n) is 16.4. The quantitative estimate of drug-likeness (QED) is 0.655. The summed E-state index contributed by atoms with van der Waals surface area (Å²) in [5.41, 5.74) is 1.96. The predicted molar refractivity (Wildman–Crippen MR) is 102 cm³/mol. The van der Waals surface area contributed by atoms with Crippen LogP contribution >= 0.6 is 0 Å². The Kier molecular flexibility index (Phi) is 5.08. The first-order chi connectivity index (χ1) is 14.2.